The summed E-state index contributed by atoms with van der Waals surface area (Å²) in [4.78, 5) is 2.44. The number of hydrazine groups is 1. The normalized spacial score (nSPS) is 22.7. The molecule has 2 unspecified atom stereocenters. The maximum Gasteiger partial charge on any atom is 0.162 e. The van der Waals surface area contributed by atoms with E-state index in [1.165, 1.54) is 16.3 Å². The Hall–Kier alpha value is -2.60. The number of piperidine rings is 1. The molecule has 2 aliphatic heterocycles. The Morgan fingerprint density at radius 1 is 1.00 bits per heavy atom. The van der Waals surface area contributed by atoms with Crippen molar-refractivity contribution in [2.24, 2.45) is 5.92 Å². The van der Waals surface area contributed by atoms with Gasteiger partial charge in [-0.1, -0.05) is 54.6 Å². The summed E-state index contributed by atoms with van der Waals surface area (Å²) in [5.41, 5.74) is 9.37. The average Bonchev–Trinajstić information content (AvgIpc) is 3.30. The van der Waals surface area contributed by atoms with Crippen molar-refractivity contribution < 1.29 is 9.84 Å². The zero-order valence-electron chi connectivity index (χ0n) is 18.1. The summed E-state index contributed by atoms with van der Waals surface area (Å²) in [5.74, 6) is 1.95. The third kappa shape index (κ3) is 4.13. The van der Waals surface area contributed by atoms with Crippen LogP contribution in [0, 0.1) is 5.92 Å². The van der Waals surface area contributed by atoms with Crippen LogP contribution in [-0.2, 0) is 6.54 Å². The number of aromatic hydroxyl groups is 1. The van der Waals surface area contributed by atoms with Crippen LogP contribution in [-0.4, -0.2) is 42.8 Å². The van der Waals surface area contributed by atoms with E-state index in [4.69, 9.17) is 4.74 Å². The van der Waals surface area contributed by atoms with Crippen molar-refractivity contribution in [3.63, 3.8) is 0 Å². The minimum atomic E-state index is 0.269. The summed E-state index contributed by atoms with van der Waals surface area (Å²) in [5, 5.41) is 13.0. The van der Waals surface area contributed by atoms with Crippen LogP contribution in [0.1, 0.15) is 29.9 Å². The van der Waals surface area contributed by atoms with E-state index in [2.05, 4.69) is 58.2 Å². The number of phenolic OH excluding ortho intramolecular Hbond substituents is 1. The first-order chi connectivity index (χ1) is 15.2. The molecule has 31 heavy (non-hydrogen) atoms. The minimum absolute atomic E-state index is 0.269. The number of likely N-dealkylation sites (tertiary alicyclic amines) is 1. The fourth-order valence-corrected chi connectivity index (χ4v) is 5.30. The summed E-state index contributed by atoms with van der Waals surface area (Å²) in [6.45, 7) is 3.83. The van der Waals surface area contributed by atoms with Gasteiger partial charge < -0.3 is 9.84 Å². The molecule has 2 heterocycles. The van der Waals surface area contributed by atoms with Crippen LogP contribution in [0.2, 0.25) is 0 Å². The largest absolute Gasteiger partial charge is 0.504 e. The van der Waals surface area contributed by atoms with E-state index in [9.17, 15) is 5.11 Å². The summed E-state index contributed by atoms with van der Waals surface area (Å²) < 4.78 is 5.26. The molecule has 5 heteroatoms. The molecule has 0 spiro atoms. The number of phenols is 1. The van der Waals surface area contributed by atoms with Crippen LogP contribution >= 0.6 is 0 Å². The van der Waals surface area contributed by atoms with E-state index in [1.807, 2.05) is 12.1 Å². The Balaban J connectivity index is 1.24. The summed E-state index contributed by atoms with van der Waals surface area (Å²) in [7, 11) is 1.60. The number of hydrogen-bond donors (Lipinski definition) is 3. The maximum atomic E-state index is 10.4. The summed E-state index contributed by atoms with van der Waals surface area (Å²) in [6.07, 6.45) is 2.32. The van der Waals surface area contributed by atoms with Gasteiger partial charge in [-0.25, -0.2) is 0 Å². The van der Waals surface area contributed by atoms with Gasteiger partial charge in [-0.3, -0.25) is 15.8 Å². The second-order valence-corrected chi connectivity index (χ2v) is 8.85. The first-order valence-corrected chi connectivity index (χ1v) is 11.3. The number of ether oxygens (including phenoxy) is 1. The van der Waals surface area contributed by atoms with Gasteiger partial charge in [-0.2, -0.15) is 0 Å². The Bertz CT molecular complexity index is 1050. The topological polar surface area (TPSA) is 56.8 Å². The predicted molar refractivity (Wildman–Crippen MR) is 124 cm³/mol. The van der Waals surface area contributed by atoms with Gasteiger partial charge in [0.25, 0.3) is 0 Å². The van der Waals surface area contributed by atoms with Crippen molar-refractivity contribution >= 4 is 10.8 Å². The number of benzene rings is 3. The van der Waals surface area contributed by atoms with Crippen molar-refractivity contribution in [1.82, 2.24) is 15.8 Å². The maximum absolute atomic E-state index is 10.4. The molecule has 0 amide bonds. The van der Waals surface area contributed by atoms with Crippen LogP contribution < -0.4 is 15.6 Å². The molecule has 0 aliphatic carbocycles. The Morgan fingerprint density at radius 3 is 2.61 bits per heavy atom. The van der Waals surface area contributed by atoms with Crippen molar-refractivity contribution in [3.05, 3.63) is 71.8 Å². The second-order valence-electron chi connectivity index (χ2n) is 8.85. The van der Waals surface area contributed by atoms with Gasteiger partial charge in [0.05, 0.1) is 7.11 Å². The zero-order valence-corrected chi connectivity index (χ0v) is 18.1. The number of nitrogens with zero attached hydrogens (tertiary/aromatic N) is 1. The van der Waals surface area contributed by atoms with Crippen molar-refractivity contribution in [1.29, 1.82) is 0 Å². The Morgan fingerprint density at radius 2 is 1.81 bits per heavy atom. The molecule has 3 aromatic rings. The van der Waals surface area contributed by atoms with E-state index in [0.717, 1.165) is 44.6 Å². The molecule has 2 saturated heterocycles. The molecular formula is C26H31N3O2. The summed E-state index contributed by atoms with van der Waals surface area (Å²) >= 11 is 0. The van der Waals surface area contributed by atoms with Crippen LogP contribution in [0.5, 0.6) is 11.5 Å². The quantitative estimate of drug-likeness (QED) is 0.585. The predicted octanol–water partition coefficient (Wildman–Crippen LogP) is 4.03. The van der Waals surface area contributed by atoms with Gasteiger partial charge >= 0.3 is 0 Å². The lowest BCUT2D eigenvalue weighted by atomic mass is 9.80. The zero-order chi connectivity index (χ0) is 21.2. The van der Waals surface area contributed by atoms with Crippen molar-refractivity contribution in [2.45, 2.75) is 31.3 Å². The summed E-state index contributed by atoms with van der Waals surface area (Å²) in [6, 6.07) is 21.7. The van der Waals surface area contributed by atoms with E-state index in [-0.39, 0.29) is 5.75 Å². The highest BCUT2D eigenvalue weighted by Gasteiger charge is 2.36. The minimum Gasteiger partial charge on any atom is -0.504 e. The third-order valence-electron chi connectivity index (χ3n) is 7.06. The van der Waals surface area contributed by atoms with Crippen LogP contribution in [0.15, 0.2) is 60.7 Å². The SMILES string of the molecule is COc1cccc(CN2CCC(C3NNCC3c3ccc4ccccc4c3)CC2)c1O. The number of methoxy groups -OCH3 is 1. The van der Waals surface area contributed by atoms with Crippen LogP contribution in [0.3, 0.4) is 0 Å². The molecule has 0 aromatic heterocycles. The first-order valence-electron chi connectivity index (χ1n) is 11.3. The molecular weight excluding hydrogens is 386 g/mol. The molecule has 5 nitrogen and oxygen atoms in total. The fourth-order valence-electron chi connectivity index (χ4n) is 5.30. The fraction of sp³-hybridized carbons (Fsp3) is 0.385. The Kier molecular flexibility index (Phi) is 5.81. The molecule has 3 N–H and O–H groups in total. The molecule has 3 aromatic carbocycles. The van der Waals surface area contributed by atoms with Gasteiger partial charge in [-0.15, -0.1) is 0 Å². The van der Waals surface area contributed by atoms with Gasteiger partial charge in [0.15, 0.2) is 11.5 Å². The lowest BCUT2D eigenvalue weighted by molar-refractivity contribution is 0.150. The van der Waals surface area contributed by atoms with Crippen LogP contribution in [0.25, 0.3) is 10.8 Å². The molecule has 2 aliphatic rings. The molecule has 5 rings (SSSR count). The van der Waals surface area contributed by atoms with E-state index in [0.29, 0.717) is 23.6 Å². The van der Waals surface area contributed by atoms with Gasteiger partial charge in [0, 0.05) is 30.6 Å². The van der Waals surface area contributed by atoms with Crippen molar-refractivity contribution in [2.75, 3.05) is 26.7 Å². The van der Waals surface area contributed by atoms with Gasteiger partial charge in [0.1, 0.15) is 0 Å². The molecule has 0 saturated carbocycles. The number of hydrogen-bond acceptors (Lipinski definition) is 5. The number of para-hydroxylation sites is 1. The number of rotatable bonds is 5. The van der Waals surface area contributed by atoms with Crippen molar-refractivity contribution in [3.8, 4) is 11.5 Å². The number of fused-ring (bicyclic) bond motifs is 1. The lowest BCUT2D eigenvalue weighted by Crippen LogP contribution is -2.44. The molecule has 162 valence electrons. The highest BCUT2D eigenvalue weighted by atomic mass is 16.5. The third-order valence-corrected chi connectivity index (χ3v) is 7.06. The highest BCUT2D eigenvalue weighted by Crippen LogP contribution is 2.35. The standard InChI is InChI=1S/C26H31N3O2/c1-31-24-8-4-7-22(26(24)30)17-29-13-11-19(12-14-29)25-23(16-27-28-25)21-10-9-18-5-2-3-6-20(18)15-21/h2-10,15,19,23,25,27-28,30H,11-14,16-17H2,1H3. The lowest BCUT2D eigenvalue weighted by Gasteiger charge is -2.36. The smallest absolute Gasteiger partial charge is 0.162 e. The van der Waals surface area contributed by atoms with E-state index >= 15 is 0 Å². The monoisotopic (exact) mass is 417 g/mol. The number of nitrogens with one attached hydrogen (secondary N) is 2. The van der Waals surface area contributed by atoms with Gasteiger partial charge in [-0.05, 0) is 54.3 Å². The molecule has 0 bridgehead atoms. The average molecular weight is 418 g/mol. The second kappa shape index (κ2) is 8.87. The van der Waals surface area contributed by atoms with Crippen LogP contribution in [0.4, 0.5) is 0 Å². The van der Waals surface area contributed by atoms with E-state index < -0.39 is 0 Å². The molecule has 2 fully saturated rings. The molecule has 2 atom stereocenters. The highest BCUT2D eigenvalue weighted by molar-refractivity contribution is 5.83. The first kappa shape index (κ1) is 20.3. The van der Waals surface area contributed by atoms with E-state index in [1.54, 1.807) is 13.2 Å². The Labute approximate surface area is 184 Å². The molecule has 0 radical (unpaired) electrons. The van der Waals surface area contributed by atoms with Gasteiger partial charge in [0.2, 0.25) is 0 Å².